The van der Waals surface area contributed by atoms with Gasteiger partial charge in [-0.3, -0.25) is 14.5 Å². The maximum Gasteiger partial charge on any atom is 0.303 e. The highest BCUT2D eigenvalue weighted by Crippen LogP contribution is 2.58. The molecule has 4 atom stereocenters. The molecule has 1 aromatic rings. The lowest BCUT2D eigenvalue weighted by molar-refractivity contribution is -0.132. The molecule has 166 valence electrons. The molecule has 2 heterocycles. The standard InChI is InChI=1S/C23H35FN4O2/c1-21(2,3)20-26-17(27-30-20)12-15-8-10-23(6,22(15,4)5)11-9-19(29)28-14-16(24)13-18(28)25-7/h15-16,18H,8-14H2,1-6H3/t15-,16-,18-,23+/m0/s1. The van der Waals surface area contributed by atoms with Crippen molar-refractivity contribution in [2.24, 2.45) is 16.7 Å². The molecule has 2 aliphatic rings. The number of nitrogens with zero attached hydrogens (tertiary/aromatic N) is 4. The van der Waals surface area contributed by atoms with Gasteiger partial charge in [0.05, 0.1) is 13.0 Å². The zero-order chi connectivity index (χ0) is 22.3. The number of hydrogen-bond donors (Lipinski definition) is 0. The summed E-state index contributed by atoms with van der Waals surface area (Å²) in [5.74, 6) is 1.72. The van der Waals surface area contributed by atoms with E-state index in [9.17, 15) is 9.18 Å². The number of aromatic nitrogens is 2. The normalized spacial score (nSPS) is 31.1. The molecule has 1 aliphatic carbocycles. The van der Waals surface area contributed by atoms with Gasteiger partial charge in [0, 0.05) is 18.3 Å². The summed E-state index contributed by atoms with van der Waals surface area (Å²) >= 11 is 0. The molecule has 1 saturated carbocycles. The van der Waals surface area contributed by atoms with Crippen molar-refractivity contribution in [3.63, 3.8) is 0 Å². The summed E-state index contributed by atoms with van der Waals surface area (Å²) in [4.78, 5) is 22.2. The van der Waals surface area contributed by atoms with Gasteiger partial charge in [0.2, 0.25) is 11.8 Å². The van der Waals surface area contributed by atoms with Crippen LogP contribution in [0.2, 0.25) is 0 Å². The van der Waals surface area contributed by atoms with Crippen molar-refractivity contribution in [3.8, 4) is 0 Å². The first-order valence-electron chi connectivity index (χ1n) is 11.0. The molecule has 7 heteroatoms. The Morgan fingerprint density at radius 1 is 1.37 bits per heavy atom. The van der Waals surface area contributed by atoms with Gasteiger partial charge in [-0.25, -0.2) is 11.0 Å². The third-order valence-electron chi connectivity index (χ3n) is 7.74. The van der Waals surface area contributed by atoms with Crippen LogP contribution in [0.3, 0.4) is 0 Å². The number of rotatable bonds is 5. The number of hydrogen-bond acceptors (Lipinski definition) is 4. The Hall–Kier alpha value is -1.97. The van der Waals surface area contributed by atoms with Gasteiger partial charge in [-0.1, -0.05) is 46.7 Å². The second kappa shape index (κ2) is 7.94. The van der Waals surface area contributed by atoms with E-state index in [1.165, 1.54) is 4.90 Å². The van der Waals surface area contributed by atoms with Crippen LogP contribution in [0.4, 0.5) is 4.39 Å². The van der Waals surface area contributed by atoms with Crippen LogP contribution in [-0.4, -0.2) is 39.8 Å². The molecule has 1 saturated heterocycles. The molecule has 1 aromatic heterocycles. The maximum absolute atomic E-state index is 13.7. The second-order valence-electron chi connectivity index (χ2n) is 11.0. The Balaban J connectivity index is 1.63. The summed E-state index contributed by atoms with van der Waals surface area (Å²) in [7, 11) is 0. The summed E-state index contributed by atoms with van der Waals surface area (Å²) in [6, 6.07) is 0. The van der Waals surface area contributed by atoms with Gasteiger partial charge in [-0.2, -0.15) is 4.98 Å². The summed E-state index contributed by atoms with van der Waals surface area (Å²) in [5, 5.41) is 4.20. The molecular formula is C23H35FN4O2. The Bertz CT molecular complexity index is 822. The number of halogens is 1. The second-order valence-corrected chi connectivity index (χ2v) is 11.0. The van der Waals surface area contributed by atoms with E-state index in [1.807, 2.05) is 0 Å². The smallest absolute Gasteiger partial charge is 0.303 e. The predicted molar refractivity (Wildman–Crippen MR) is 112 cm³/mol. The molecule has 30 heavy (non-hydrogen) atoms. The van der Waals surface area contributed by atoms with Gasteiger partial charge in [0.1, 0.15) is 6.17 Å². The topological polar surface area (TPSA) is 63.6 Å². The largest absolute Gasteiger partial charge is 0.339 e. The minimum atomic E-state index is -1.08. The van der Waals surface area contributed by atoms with Crippen LogP contribution in [0.25, 0.3) is 4.85 Å². The number of amides is 1. The Kier molecular flexibility index (Phi) is 6.01. The molecule has 3 rings (SSSR count). The average Bonchev–Trinajstić information content (AvgIpc) is 3.33. The molecule has 1 aliphatic heterocycles. The number of likely N-dealkylation sites (tertiary alicyclic amines) is 1. The lowest BCUT2D eigenvalue weighted by Gasteiger charge is -2.42. The van der Waals surface area contributed by atoms with E-state index in [4.69, 9.17) is 11.1 Å². The van der Waals surface area contributed by atoms with Gasteiger partial charge in [-0.15, -0.1) is 0 Å². The lowest BCUT2D eigenvalue weighted by Crippen LogP contribution is -2.38. The molecule has 0 unspecified atom stereocenters. The zero-order valence-electron chi connectivity index (χ0n) is 19.2. The van der Waals surface area contributed by atoms with Crippen LogP contribution in [0.1, 0.15) is 85.4 Å². The van der Waals surface area contributed by atoms with Gasteiger partial charge >= 0.3 is 6.17 Å². The van der Waals surface area contributed by atoms with E-state index >= 15 is 0 Å². The van der Waals surface area contributed by atoms with Crippen LogP contribution in [0, 0.1) is 23.3 Å². The van der Waals surface area contributed by atoms with Gasteiger partial charge < -0.3 is 4.52 Å². The molecule has 1 amide bonds. The van der Waals surface area contributed by atoms with Crippen molar-refractivity contribution in [3.05, 3.63) is 23.1 Å². The molecule has 6 nitrogen and oxygen atoms in total. The summed E-state index contributed by atoms with van der Waals surface area (Å²) in [6.07, 6.45) is 2.38. The fourth-order valence-electron chi connectivity index (χ4n) is 5.02. The number of alkyl halides is 1. The lowest BCUT2D eigenvalue weighted by atomic mass is 9.63. The monoisotopic (exact) mass is 418 g/mol. The van der Waals surface area contributed by atoms with E-state index in [0.29, 0.717) is 18.2 Å². The highest BCUT2D eigenvalue weighted by atomic mass is 19.1. The first-order valence-corrected chi connectivity index (χ1v) is 11.0. The van der Waals surface area contributed by atoms with Crippen molar-refractivity contribution in [1.29, 1.82) is 0 Å². The SMILES string of the molecule is [C-]#[N+][C@@H]1C[C@H](F)CN1C(=O)CC[C@@]1(C)CC[C@@H](Cc2noc(C(C)(C)C)n2)C1(C)C. The fourth-order valence-corrected chi connectivity index (χ4v) is 5.02. The van der Waals surface area contributed by atoms with Crippen molar-refractivity contribution >= 4 is 5.91 Å². The van der Waals surface area contributed by atoms with Gasteiger partial charge in [0.15, 0.2) is 5.82 Å². The average molecular weight is 419 g/mol. The minimum absolute atomic E-state index is 0.00262. The highest BCUT2D eigenvalue weighted by Gasteiger charge is 2.51. The Morgan fingerprint density at radius 2 is 2.07 bits per heavy atom. The van der Waals surface area contributed by atoms with Crippen LogP contribution >= 0.6 is 0 Å². The summed E-state index contributed by atoms with van der Waals surface area (Å²) < 4.78 is 19.1. The van der Waals surface area contributed by atoms with Crippen LogP contribution in [0.15, 0.2) is 4.52 Å². The van der Waals surface area contributed by atoms with E-state index in [2.05, 4.69) is 56.5 Å². The molecule has 2 fully saturated rings. The molecule has 0 radical (unpaired) electrons. The third kappa shape index (κ3) is 4.24. The molecule has 0 spiro atoms. The third-order valence-corrected chi connectivity index (χ3v) is 7.74. The van der Waals surface area contributed by atoms with E-state index in [-0.39, 0.29) is 35.1 Å². The first-order chi connectivity index (χ1) is 13.9. The molecule has 0 aromatic carbocycles. The van der Waals surface area contributed by atoms with Gasteiger partial charge in [0.25, 0.3) is 0 Å². The highest BCUT2D eigenvalue weighted by molar-refractivity contribution is 5.77. The number of carbonyl (C=O) groups excluding carboxylic acids is 1. The summed E-state index contributed by atoms with van der Waals surface area (Å²) in [5.41, 5.74) is -0.169. The van der Waals surface area contributed by atoms with Crippen molar-refractivity contribution in [2.45, 2.75) is 97.8 Å². The quantitative estimate of drug-likeness (QED) is 0.635. The van der Waals surface area contributed by atoms with Crippen LogP contribution in [-0.2, 0) is 16.6 Å². The maximum atomic E-state index is 13.7. The first kappa shape index (κ1) is 22.7. The molecule has 0 N–H and O–H groups in total. The van der Waals surface area contributed by atoms with Crippen molar-refractivity contribution in [1.82, 2.24) is 15.0 Å². The van der Waals surface area contributed by atoms with Crippen molar-refractivity contribution < 1.29 is 13.7 Å². The van der Waals surface area contributed by atoms with Gasteiger partial charge in [-0.05, 0) is 36.0 Å². The zero-order valence-corrected chi connectivity index (χ0v) is 19.2. The minimum Gasteiger partial charge on any atom is -0.339 e. The van der Waals surface area contributed by atoms with E-state index in [0.717, 1.165) is 31.5 Å². The van der Waals surface area contributed by atoms with Crippen LogP contribution in [0.5, 0.6) is 0 Å². The fraction of sp³-hybridized carbons (Fsp3) is 0.826. The number of carbonyl (C=O) groups is 1. The summed E-state index contributed by atoms with van der Waals surface area (Å²) in [6.45, 7) is 20.3. The Morgan fingerprint density at radius 3 is 2.67 bits per heavy atom. The van der Waals surface area contributed by atoms with E-state index in [1.54, 1.807) is 0 Å². The van der Waals surface area contributed by atoms with Crippen LogP contribution < -0.4 is 0 Å². The van der Waals surface area contributed by atoms with Crippen molar-refractivity contribution in [2.75, 3.05) is 6.54 Å². The predicted octanol–water partition coefficient (Wildman–Crippen LogP) is 4.95. The Labute approximate surface area is 179 Å². The van der Waals surface area contributed by atoms with E-state index < -0.39 is 12.3 Å². The molecule has 0 bridgehead atoms. The molecular weight excluding hydrogens is 383 g/mol.